The molecule has 5 nitrogen and oxygen atoms in total. The Bertz CT molecular complexity index is 651. The van der Waals surface area contributed by atoms with Gasteiger partial charge in [0.05, 0.1) is 0 Å². The minimum Gasteiger partial charge on any atom is -0.373 e. The molecule has 0 atom stereocenters. The minimum atomic E-state index is -4.23. The Balaban J connectivity index is 0.00000220. The summed E-state index contributed by atoms with van der Waals surface area (Å²) in [7, 11) is -4.23. The number of rotatable bonds is 4. The average Bonchev–Trinajstić information content (AvgIpc) is 2.46. The van der Waals surface area contributed by atoms with E-state index >= 15 is 0 Å². The molecule has 0 aromatic heterocycles. The van der Waals surface area contributed by atoms with Crippen LogP contribution in [0.4, 0.5) is 0 Å². The highest BCUT2D eigenvalue weighted by Gasteiger charge is 2.25. The molecule has 0 saturated carbocycles. The molecule has 7 heteroatoms. The van der Waals surface area contributed by atoms with Crippen LogP contribution < -0.4 is 5.73 Å². The van der Waals surface area contributed by atoms with Gasteiger partial charge in [-0.3, -0.25) is 9.59 Å². The predicted molar refractivity (Wildman–Crippen MR) is 87.0 cm³/mol. The molecule has 0 fully saturated rings. The predicted octanol–water partition coefficient (Wildman–Crippen LogP) is 2.59. The van der Waals surface area contributed by atoms with Crippen LogP contribution in [0.15, 0.2) is 60.7 Å². The van der Waals surface area contributed by atoms with E-state index in [1.165, 1.54) is 0 Å². The summed E-state index contributed by atoms with van der Waals surface area (Å²) in [6.07, 6.45) is -0.828. The van der Waals surface area contributed by atoms with Gasteiger partial charge in [0, 0.05) is 0 Å². The third kappa shape index (κ3) is 4.38. The zero-order chi connectivity index (χ0) is 14.6. The summed E-state index contributed by atoms with van der Waals surface area (Å²) in [6, 6.07) is 17.8. The molecule has 0 bridgehead atoms. The van der Waals surface area contributed by atoms with Crippen molar-refractivity contribution in [1.29, 1.82) is 5.41 Å². The summed E-state index contributed by atoms with van der Waals surface area (Å²) >= 11 is 0. The van der Waals surface area contributed by atoms with Crippen molar-refractivity contribution in [3.05, 3.63) is 71.8 Å². The number of benzene rings is 2. The fourth-order valence-corrected chi connectivity index (χ4v) is 2.32. The van der Waals surface area contributed by atoms with Crippen molar-refractivity contribution in [2.24, 2.45) is 5.73 Å². The van der Waals surface area contributed by atoms with Crippen LogP contribution in [0.25, 0.3) is 0 Å². The molecule has 0 heterocycles. The SMILES string of the molecule is Br.N=C(N)S(=O)(=O)OC(c1ccccc1)c1ccccc1. The summed E-state index contributed by atoms with van der Waals surface area (Å²) in [5.41, 5.74) is 6.38. The Morgan fingerprint density at radius 1 is 0.952 bits per heavy atom. The Kier molecular flexibility index (Phi) is 6.07. The molecule has 3 N–H and O–H groups in total. The molecule has 0 aliphatic rings. The van der Waals surface area contributed by atoms with Crippen molar-refractivity contribution in [3.63, 3.8) is 0 Å². The summed E-state index contributed by atoms with van der Waals surface area (Å²) in [4.78, 5) is 0. The van der Waals surface area contributed by atoms with Crippen LogP contribution in [-0.4, -0.2) is 13.6 Å². The van der Waals surface area contributed by atoms with Gasteiger partial charge in [0.2, 0.25) is 5.17 Å². The second kappa shape index (κ2) is 7.35. The van der Waals surface area contributed by atoms with Crippen LogP contribution >= 0.6 is 17.0 Å². The zero-order valence-corrected chi connectivity index (χ0v) is 13.5. The molecular formula is C14H15BrN2O3S. The monoisotopic (exact) mass is 370 g/mol. The summed E-state index contributed by atoms with van der Waals surface area (Å²) < 4.78 is 28.5. The highest BCUT2D eigenvalue weighted by Crippen LogP contribution is 2.27. The maximum absolute atomic E-state index is 11.7. The first kappa shape index (κ1) is 17.4. The van der Waals surface area contributed by atoms with E-state index in [0.29, 0.717) is 11.1 Å². The maximum Gasteiger partial charge on any atom is 0.330 e. The summed E-state index contributed by atoms with van der Waals surface area (Å²) in [5.74, 6) is 0. The molecular weight excluding hydrogens is 356 g/mol. The number of amidine groups is 1. The van der Waals surface area contributed by atoms with Gasteiger partial charge >= 0.3 is 10.1 Å². The average molecular weight is 371 g/mol. The van der Waals surface area contributed by atoms with E-state index < -0.39 is 21.4 Å². The Morgan fingerprint density at radius 3 is 1.67 bits per heavy atom. The topological polar surface area (TPSA) is 93.2 Å². The lowest BCUT2D eigenvalue weighted by Gasteiger charge is -2.17. The number of halogens is 1. The molecule has 0 amide bonds. The van der Waals surface area contributed by atoms with Gasteiger partial charge in [-0.2, -0.15) is 8.42 Å². The second-order valence-electron chi connectivity index (χ2n) is 4.12. The molecule has 0 saturated heterocycles. The Hall–Kier alpha value is -1.70. The highest BCUT2D eigenvalue weighted by atomic mass is 79.9. The highest BCUT2D eigenvalue weighted by molar-refractivity contribution is 8.93. The lowest BCUT2D eigenvalue weighted by atomic mass is 10.0. The third-order valence-corrected chi connectivity index (χ3v) is 3.68. The second-order valence-corrected chi connectivity index (χ2v) is 5.66. The van der Waals surface area contributed by atoms with Gasteiger partial charge in [-0.15, -0.1) is 17.0 Å². The van der Waals surface area contributed by atoms with Gasteiger partial charge in [0.1, 0.15) is 6.10 Å². The van der Waals surface area contributed by atoms with Crippen LogP contribution in [0.5, 0.6) is 0 Å². The molecule has 112 valence electrons. The lowest BCUT2D eigenvalue weighted by Crippen LogP contribution is -2.26. The van der Waals surface area contributed by atoms with Gasteiger partial charge in [0.25, 0.3) is 0 Å². The van der Waals surface area contributed by atoms with Gasteiger partial charge in [-0.05, 0) is 11.1 Å². The third-order valence-electron chi connectivity index (χ3n) is 2.70. The van der Waals surface area contributed by atoms with Crippen LogP contribution in [-0.2, 0) is 14.3 Å². The first-order valence-corrected chi connectivity index (χ1v) is 7.29. The Labute approximate surface area is 134 Å². The quantitative estimate of drug-likeness (QED) is 0.491. The van der Waals surface area contributed by atoms with Crippen molar-refractivity contribution < 1.29 is 12.6 Å². The van der Waals surface area contributed by atoms with Crippen molar-refractivity contribution in [2.45, 2.75) is 6.10 Å². The van der Waals surface area contributed by atoms with Crippen LogP contribution in [0.3, 0.4) is 0 Å². The van der Waals surface area contributed by atoms with Crippen molar-refractivity contribution in [2.75, 3.05) is 0 Å². The number of hydrogen-bond donors (Lipinski definition) is 2. The van der Waals surface area contributed by atoms with Crippen LogP contribution in [0.1, 0.15) is 17.2 Å². The maximum atomic E-state index is 11.7. The number of nitrogens with two attached hydrogens (primary N) is 1. The zero-order valence-electron chi connectivity index (χ0n) is 11.0. The van der Waals surface area contributed by atoms with E-state index in [9.17, 15) is 8.42 Å². The molecule has 21 heavy (non-hydrogen) atoms. The van der Waals surface area contributed by atoms with Gasteiger partial charge in [-0.1, -0.05) is 60.7 Å². The van der Waals surface area contributed by atoms with E-state index in [1.54, 1.807) is 48.5 Å². The van der Waals surface area contributed by atoms with E-state index in [2.05, 4.69) is 0 Å². The smallest absolute Gasteiger partial charge is 0.330 e. The van der Waals surface area contributed by atoms with E-state index in [4.69, 9.17) is 15.3 Å². The number of nitrogens with one attached hydrogen (secondary N) is 1. The van der Waals surface area contributed by atoms with E-state index in [-0.39, 0.29) is 17.0 Å². The van der Waals surface area contributed by atoms with Gasteiger partial charge in [0.15, 0.2) is 0 Å². The van der Waals surface area contributed by atoms with Gasteiger partial charge < -0.3 is 5.73 Å². The largest absolute Gasteiger partial charge is 0.373 e. The van der Waals surface area contributed by atoms with Crippen molar-refractivity contribution >= 4 is 32.3 Å². The molecule has 0 unspecified atom stereocenters. The molecule has 0 spiro atoms. The molecule has 0 aliphatic heterocycles. The molecule has 2 aromatic rings. The standard InChI is InChI=1S/C14H14N2O3S.BrH/c15-14(16)20(17,18)19-13(11-7-3-1-4-8-11)12-9-5-2-6-10-12;/h1-10,13H,(H3,15,16);1H. The fraction of sp³-hybridized carbons (Fsp3) is 0.0714. The summed E-state index contributed by atoms with van der Waals surface area (Å²) in [6.45, 7) is 0. The van der Waals surface area contributed by atoms with E-state index in [1.807, 2.05) is 12.1 Å². The van der Waals surface area contributed by atoms with Crippen LogP contribution in [0.2, 0.25) is 0 Å². The molecule has 0 radical (unpaired) electrons. The van der Waals surface area contributed by atoms with Crippen molar-refractivity contribution in [3.8, 4) is 0 Å². The normalized spacial score (nSPS) is 10.9. The minimum absolute atomic E-state index is 0. The van der Waals surface area contributed by atoms with Crippen molar-refractivity contribution in [1.82, 2.24) is 0 Å². The molecule has 2 aromatic carbocycles. The lowest BCUT2D eigenvalue weighted by molar-refractivity contribution is 0.260. The Morgan fingerprint density at radius 2 is 1.33 bits per heavy atom. The summed E-state index contributed by atoms with van der Waals surface area (Å²) in [5, 5.41) is 6.08. The molecule has 0 aliphatic carbocycles. The molecule has 2 rings (SSSR count). The number of hydrogen-bond acceptors (Lipinski definition) is 4. The first-order chi connectivity index (χ1) is 9.50. The van der Waals surface area contributed by atoms with Gasteiger partial charge in [-0.25, -0.2) is 0 Å². The van der Waals surface area contributed by atoms with Crippen LogP contribution in [0, 0.1) is 5.41 Å². The fourth-order valence-electron chi connectivity index (χ4n) is 1.74. The van der Waals surface area contributed by atoms with E-state index in [0.717, 1.165) is 0 Å². The first-order valence-electron chi connectivity index (χ1n) is 5.88.